The summed E-state index contributed by atoms with van der Waals surface area (Å²) < 4.78 is 10.4. The van der Waals surface area contributed by atoms with Crippen molar-refractivity contribution in [1.29, 1.82) is 0 Å². The summed E-state index contributed by atoms with van der Waals surface area (Å²) in [4.78, 5) is 12.4. The van der Waals surface area contributed by atoms with Gasteiger partial charge >= 0.3 is 0 Å². The number of piperidine rings is 1. The molecule has 2 N–H and O–H groups in total. The zero-order chi connectivity index (χ0) is 16.2. The second kappa shape index (κ2) is 8.41. The van der Waals surface area contributed by atoms with Crippen LogP contribution in [0.3, 0.4) is 0 Å². The van der Waals surface area contributed by atoms with Crippen LogP contribution in [-0.2, 0) is 0 Å². The van der Waals surface area contributed by atoms with Crippen LogP contribution in [0.1, 0.15) is 37.0 Å². The first-order chi connectivity index (χ1) is 10.5. The standard InChI is InChI=1S/C17H26N2O3.ClH/c1-17(2)8-5-9-18-15(17)11-19-16(20)13-7-6-12(21-3)10-14(13)22-4;/h6-7,10,15,18H,5,8-9,11H2,1-4H3,(H,19,20);1H. The normalized spacial score (nSPS) is 19.4. The number of rotatable bonds is 5. The van der Waals surface area contributed by atoms with Gasteiger partial charge in [-0.15, -0.1) is 12.4 Å². The van der Waals surface area contributed by atoms with E-state index in [1.807, 2.05) is 0 Å². The number of hydrogen-bond donors (Lipinski definition) is 2. The quantitative estimate of drug-likeness (QED) is 0.863. The number of carbonyl (C=O) groups excluding carboxylic acids is 1. The van der Waals surface area contributed by atoms with Gasteiger partial charge in [-0.3, -0.25) is 4.79 Å². The van der Waals surface area contributed by atoms with Crippen LogP contribution >= 0.6 is 12.4 Å². The maximum absolute atomic E-state index is 12.4. The van der Waals surface area contributed by atoms with Crippen LogP contribution in [0.4, 0.5) is 0 Å². The van der Waals surface area contributed by atoms with E-state index in [1.54, 1.807) is 32.4 Å². The topological polar surface area (TPSA) is 59.6 Å². The zero-order valence-corrected chi connectivity index (χ0v) is 15.1. The molecule has 1 fully saturated rings. The van der Waals surface area contributed by atoms with Gasteiger partial charge in [-0.1, -0.05) is 13.8 Å². The fraction of sp³-hybridized carbons (Fsp3) is 0.588. The lowest BCUT2D eigenvalue weighted by atomic mass is 9.77. The van der Waals surface area contributed by atoms with E-state index in [9.17, 15) is 4.79 Å². The second-order valence-electron chi connectivity index (χ2n) is 6.38. The molecule has 5 nitrogen and oxygen atoms in total. The molecule has 0 radical (unpaired) electrons. The fourth-order valence-corrected chi connectivity index (χ4v) is 2.90. The molecule has 1 heterocycles. The minimum Gasteiger partial charge on any atom is -0.497 e. The minimum atomic E-state index is -0.123. The van der Waals surface area contributed by atoms with E-state index in [2.05, 4.69) is 24.5 Å². The van der Waals surface area contributed by atoms with Gasteiger partial charge in [0.05, 0.1) is 19.8 Å². The van der Waals surface area contributed by atoms with E-state index in [1.165, 1.54) is 12.8 Å². The van der Waals surface area contributed by atoms with Crippen molar-refractivity contribution >= 4 is 18.3 Å². The zero-order valence-electron chi connectivity index (χ0n) is 14.3. The second-order valence-corrected chi connectivity index (χ2v) is 6.38. The smallest absolute Gasteiger partial charge is 0.255 e. The number of nitrogens with one attached hydrogen (secondary N) is 2. The Morgan fingerprint density at radius 2 is 2.09 bits per heavy atom. The molecule has 1 saturated heterocycles. The highest BCUT2D eigenvalue weighted by Crippen LogP contribution is 2.30. The summed E-state index contributed by atoms with van der Waals surface area (Å²) in [7, 11) is 3.14. The predicted molar refractivity (Wildman–Crippen MR) is 93.9 cm³/mol. The summed E-state index contributed by atoms with van der Waals surface area (Å²) in [6.45, 7) is 6.10. The molecule has 1 amide bonds. The van der Waals surface area contributed by atoms with Crippen molar-refractivity contribution in [2.24, 2.45) is 5.41 Å². The lowest BCUT2D eigenvalue weighted by molar-refractivity contribution is 0.0926. The number of benzene rings is 1. The Labute approximate surface area is 144 Å². The third kappa shape index (κ3) is 4.75. The van der Waals surface area contributed by atoms with Crippen molar-refractivity contribution in [3.63, 3.8) is 0 Å². The summed E-state index contributed by atoms with van der Waals surface area (Å²) in [5.41, 5.74) is 0.715. The van der Waals surface area contributed by atoms with Crippen molar-refractivity contribution < 1.29 is 14.3 Å². The van der Waals surface area contributed by atoms with E-state index >= 15 is 0 Å². The van der Waals surface area contributed by atoms with Gasteiger partial charge in [0.25, 0.3) is 5.91 Å². The van der Waals surface area contributed by atoms with Crippen molar-refractivity contribution in [1.82, 2.24) is 10.6 Å². The molecule has 0 spiro atoms. The molecule has 0 saturated carbocycles. The average molecular weight is 343 g/mol. The van der Waals surface area contributed by atoms with Gasteiger partial charge in [-0.25, -0.2) is 0 Å². The Morgan fingerprint density at radius 3 is 2.70 bits per heavy atom. The molecule has 2 rings (SSSR count). The highest BCUT2D eigenvalue weighted by Gasteiger charge is 2.32. The van der Waals surface area contributed by atoms with Gasteiger partial charge in [0, 0.05) is 18.7 Å². The van der Waals surface area contributed by atoms with Crippen LogP contribution in [0.15, 0.2) is 18.2 Å². The maximum atomic E-state index is 12.4. The SMILES string of the molecule is COc1ccc(C(=O)NCC2NCCCC2(C)C)c(OC)c1.Cl. The largest absolute Gasteiger partial charge is 0.497 e. The molecular formula is C17H27ClN2O3. The van der Waals surface area contributed by atoms with Crippen LogP contribution < -0.4 is 20.1 Å². The molecule has 1 aromatic rings. The predicted octanol–water partition coefficient (Wildman–Crippen LogP) is 2.63. The van der Waals surface area contributed by atoms with E-state index < -0.39 is 0 Å². The molecule has 23 heavy (non-hydrogen) atoms. The summed E-state index contributed by atoms with van der Waals surface area (Å²) >= 11 is 0. The third-order valence-electron chi connectivity index (χ3n) is 4.45. The third-order valence-corrected chi connectivity index (χ3v) is 4.45. The van der Waals surface area contributed by atoms with Crippen molar-refractivity contribution in [3.05, 3.63) is 23.8 Å². The van der Waals surface area contributed by atoms with Crippen molar-refractivity contribution in [2.45, 2.75) is 32.7 Å². The molecule has 0 aromatic heterocycles. The summed E-state index contributed by atoms with van der Waals surface area (Å²) in [6.07, 6.45) is 2.36. The van der Waals surface area contributed by atoms with Crippen molar-refractivity contribution in [2.75, 3.05) is 27.3 Å². The molecule has 1 aliphatic heterocycles. The van der Waals surface area contributed by atoms with E-state index in [0.29, 0.717) is 23.6 Å². The molecule has 0 bridgehead atoms. The summed E-state index contributed by atoms with van der Waals surface area (Å²) in [5, 5.41) is 6.51. The Morgan fingerprint density at radius 1 is 1.35 bits per heavy atom. The van der Waals surface area contributed by atoms with Crippen molar-refractivity contribution in [3.8, 4) is 11.5 Å². The molecule has 1 aromatic carbocycles. The molecule has 1 aliphatic rings. The van der Waals surface area contributed by atoms with E-state index in [-0.39, 0.29) is 29.8 Å². The van der Waals surface area contributed by atoms with Gasteiger partial charge < -0.3 is 20.1 Å². The molecule has 130 valence electrons. The number of methoxy groups -OCH3 is 2. The van der Waals surface area contributed by atoms with E-state index in [4.69, 9.17) is 9.47 Å². The highest BCUT2D eigenvalue weighted by molar-refractivity contribution is 5.97. The summed E-state index contributed by atoms with van der Waals surface area (Å²) in [6, 6.07) is 5.50. The minimum absolute atomic E-state index is 0. The fourth-order valence-electron chi connectivity index (χ4n) is 2.90. The summed E-state index contributed by atoms with van der Waals surface area (Å²) in [5.74, 6) is 1.07. The number of hydrogen-bond acceptors (Lipinski definition) is 4. The van der Waals surface area contributed by atoms with Gasteiger partial charge in [-0.05, 0) is 36.9 Å². The van der Waals surface area contributed by atoms with Crippen LogP contribution in [0, 0.1) is 5.41 Å². The van der Waals surface area contributed by atoms with Gasteiger partial charge in [0.15, 0.2) is 0 Å². The molecule has 1 unspecified atom stereocenters. The van der Waals surface area contributed by atoms with Gasteiger partial charge in [0.1, 0.15) is 11.5 Å². The Bertz CT molecular complexity index is 535. The van der Waals surface area contributed by atoms with Crippen LogP contribution in [0.25, 0.3) is 0 Å². The van der Waals surface area contributed by atoms with E-state index in [0.717, 1.165) is 6.54 Å². The first-order valence-corrected chi connectivity index (χ1v) is 7.71. The number of amides is 1. The monoisotopic (exact) mass is 342 g/mol. The maximum Gasteiger partial charge on any atom is 0.255 e. The highest BCUT2D eigenvalue weighted by atomic mass is 35.5. The van der Waals surface area contributed by atoms with Gasteiger partial charge in [-0.2, -0.15) is 0 Å². The van der Waals surface area contributed by atoms with Crippen LogP contribution in [-0.4, -0.2) is 39.3 Å². The Kier molecular flexibility index (Phi) is 7.16. The lowest BCUT2D eigenvalue weighted by Crippen LogP contribution is -2.52. The number of ether oxygens (including phenoxy) is 2. The van der Waals surface area contributed by atoms with Gasteiger partial charge in [0.2, 0.25) is 0 Å². The Hall–Kier alpha value is -1.46. The average Bonchev–Trinajstić information content (AvgIpc) is 2.52. The Balaban J connectivity index is 0.00000264. The van der Waals surface area contributed by atoms with Crippen LogP contribution in [0.5, 0.6) is 11.5 Å². The molecule has 0 aliphatic carbocycles. The van der Waals surface area contributed by atoms with Crippen LogP contribution in [0.2, 0.25) is 0 Å². The first-order valence-electron chi connectivity index (χ1n) is 7.71. The molecule has 6 heteroatoms. The first kappa shape index (κ1) is 19.6. The number of halogens is 1. The lowest BCUT2D eigenvalue weighted by Gasteiger charge is -2.39. The number of carbonyl (C=O) groups is 1. The molecule has 1 atom stereocenters. The molecular weight excluding hydrogens is 316 g/mol.